The van der Waals surface area contributed by atoms with Crippen molar-refractivity contribution in [3.8, 4) is 0 Å². The predicted molar refractivity (Wildman–Crippen MR) is 101 cm³/mol. The Balaban J connectivity index is 1.92. The number of anilines is 2. The van der Waals surface area contributed by atoms with E-state index in [-0.39, 0.29) is 16.3 Å². The summed E-state index contributed by atoms with van der Waals surface area (Å²) < 4.78 is 5.32. The Hall–Kier alpha value is -2.35. The lowest BCUT2D eigenvalue weighted by molar-refractivity contribution is -0.384. The summed E-state index contributed by atoms with van der Waals surface area (Å²) in [5.74, 6) is -0.421. The minimum absolute atomic E-state index is 0.0472. The SMILES string of the molecule is O=C(Nc1ccc([N+](=O)[O-])cc1N1CCOCC1)c1ccc(Cl)cc1Cl. The Labute approximate surface area is 159 Å². The van der Waals surface area contributed by atoms with Gasteiger partial charge in [0.15, 0.2) is 0 Å². The van der Waals surface area contributed by atoms with Crippen LogP contribution in [-0.4, -0.2) is 37.1 Å². The molecule has 26 heavy (non-hydrogen) atoms. The number of nitrogens with one attached hydrogen (secondary N) is 1. The number of benzene rings is 2. The zero-order valence-corrected chi connectivity index (χ0v) is 15.1. The highest BCUT2D eigenvalue weighted by molar-refractivity contribution is 6.37. The number of hydrogen-bond donors (Lipinski definition) is 1. The molecule has 0 spiro atoms. The van der Waals surface area contributed by atoms with Crippen molar-refractivity contribution in [2.45, 2.75) is 0 Å². The smallest absolute Gasteiger partial charge is 0.271 e. The molecule has 3 rings (SSSR count). The van der Waals surface area contributed by atoms with Gasteiger partial charge < -0.3 is 15.0 Å². The average Bonchev–Trinajstić information content (AvgIpc) is 2.62. The van der Waals surface area contributed by atoms with Gasteiger partial charge in [0, 0.05) is 30.2 Å². The van der Waals surface area contributed by atoms with Crippen molar-refractivity contribution in [2.24, 2.45) is 0 Å². The third kappa shape index (κ3) is 4.07. The highest BCUT2D eigenvalue weighted by Gasteiger charge is 2.21. The molecule has 1 N–H and O–H groups in total. The van der Waals surface area contributed by atoms with Gasteiger partial charge in [-0.15, -0.1) is 0 Å². The maximum atomic E-state index is 12.6. The number of rotatable bonds is 4. The summed E-state index contributed by atoms with van der Waals surface area (Å²) >= 11 is 11.9. The van der Waals surface area contributed by atoms with Crippen LogP contribution in [0.1, 0.15) is 10.4 Å². The van der Waals surface area contributed by atoms with Crippen LogP contribution >= 0.6 is 23.2 Å². The molecule has 7 nitrogen and oxygen atoms in total. The molecule has 1 amide bonds. The van der Waals surface area contributed by atoms with E-state index in [0.29, 0.717) is 42.7 Å². The maximum absolute atomic E-state index is 12.6. The number of carbonyl (C=O) groups is 1. The summed E-state index contributed by atoms with van der Waals surface area (Å²) in [4.78, 5) is 25.2. The molecule has 0 unspecified atom stereocenters. The van der Waals surface area contributed by atoms with E-state index in [1.54, 1.807) is 6.07 Å². The largest absolute Gasteiger partial charge is 0.378 e. The average molecular weight is 396 g/mol. The molecule has 0 aromatic heterocycles. The lowest BCUT2D eigenvalue weighted by atomic mass is 10.1. The van der Waals surface area contributed by atoms with Gasteiger partial charge >= 0.3 is 0 Å². The van der Waals surface area contributed by atoms with E-state index in [0.717, 1.165) is 0 Å². The monoisotopic (exact) mass is 395 g/mol. The molecule has 9 heteroatoms. The van der Waals surface area contributed by atoms with E-state index < -0.39 is 10.8 Å². The summed E-state index contributed by atoms with van der Waals surface area (Å²) in [5, 5.41) is 14.5. The van der Waals surface area contributed by atoms with Gasteiger partial charge in [0.05, 0.1) is 40.1 Å². The zero-order valence-electron chi connectivity index (χ0n) is 13.6. The van der Waals surface area contributed by atoms with Gasteiger partial charge in [-0.3, -0.25) is 14.9 Å². The van der Waals surface area contributed by atoms with E-state index >= 15 is 0 Å². The Morgan fingerprint density at radius 2 is 1.88 bits per heavy atom. The number of nitro groups is 1. The second kappa shape index (κ2) is 7.90. The number of nitro benzene ring substituents is 1. The predicted octanol–water partition coefficient (Wildman–Crippen LogP) is 3.99. The van der Waals surface area contributed by atoms with Gasteiger partial charge in [0.2, 0.25) is 0 Å². The zero-order chi connectivity index (χ0) is 18.7. The van der Waals surface area contributed by atoms with Crippen molar-refractivity contribution in [1.29, 1.82) is 0 Å². The van der Waals surface area contributed by atoms with Crippen molar-refractivity contribution < 1.29 is 14.5 Å². The maximum Gasteiger partial charge on any atom is 0.271 e. The molecule has 1 aliphatic heterocycles. The molecule has 0 aliphatic carbocycles. The van der Waals surface area contributed by atoms with Crippen LogP contribution in [0.3, 0.4) is 0 Å². The second-order valence-electron chi connectivity index (χ2n) is 5.64. The molecule has 1 aliphatic rings. The topological polar surface area (TPSA) is 84.7 Å². The van der Waals surface area contributed by atoms with Crippen LogP contribution in [0.25, 0.3) is 0 Å². The van der Waals surface area contributed by atoms with Crippen molar-refractivity contribution in [2.75, 3.05) is 36.5 Å². The normalized spacial score (nSPS) is 14.2. The number of hydrogen-bond acceptors (Lipinski definition) is 5. The molecule has 0 atom stereocenters. The summed E-state index contributed by atoms with van der Waals surface area (Å²) in [6.45, 7) is 2.18. The first-order valence-corrected chi connectivity index (χ1v) is 8.59. The van der Waals surface area contributed by atoms with Gasteiger partial charge in [-0.05, 0) is 24.3 Å². The molecule has 1 heterocycles. The molecule has 136 valence electrons. The van der Waals surface area contributed by atoms with Gasteiger partial charge in [0.25, 0.3) is 11.6 Å². The van der Waals surface area contributed by atoms with Crippen LogP contribution in [0.4, 0.5) is 17.1 Å². The number of nitrogens with zero attached hydrogens (tertiary/aromatic N) is 2. The van der Waals surface area contributed by atoms with Gasteiger partial charge in [0.1, 0.15) is 0 Å². The van der Waals surface area contributed by atoms with Crippen molar-refractivity contribution in [1.82, 2.24) is 0 Å². The van der Waals surface area contributed by atoms with E-state index in [4.69, 9.17) is 27.9 Å². The molecule has 2 aromatic carbocycles. The Bertz CT molecular complexity index is 854. The van der Waals surface area contributed by atoms with Gasteiger partial charge in [-0.25, -0.2) is 0 Å². The van der Waals surface area contributed by atoms with Crippen LogP contribution < -0.4 is 10.2 Å². The molecular weight excluding hydrogens is 381 g/mol. The third-order valence-electron chi connectivity index (χ3n) is 3.97. The first-order valence-electron chi connectivity index (χ1n) is 7.83. The number of morpholine rings is 1. The second-order valence-corrected chi connectivity index (χ2v) is 6.48. The lowest BCUT2D eigenvalue weighted by Crippen LogP contribution is -2.36. The van der Waals surface area contributed by atoms with Crippen LogP contribution in [0.15, 0.2) is 36.4 Å². The number of carbonyl (C=O) groups excluding carboxylic acids is 1. The van der Waals surface area contributed by atoms with E-state index in [1.165, 1.54) is 30.3 Å². The minimum atomic E-state index is -0.467. The molecule has 1 saturated heterocycles. The first-order chi connectivity index (χ1) is 12.5. The summed E-state index contributed by atoms with van der Waals surface area (Å²) in [5.41, 5.74) is 1.26. The van der Waals surface area contributed by atoms with Crippen molar-refractivity contribution in [3.63, 3.8) is 0 Å². The fourth-order valence-corrected chi connectivity index (χ4v) is 3.16. The summed E-state index contributed by atoms with van der Waals surface area (Å²) in [6.07, 6.45) is 0. The quantitative estimate of drug-likeness (QED) is 0.624. The summed E-state index contributed by atoms with van der Waals surface area (Å²) in [6, 6.07) is 8.90. The van der Waals surface area contributed by atoms with Gasteiger partial charge in [-0.1, -0.05) is 23.2 Å². The molecule has 1 fully saturated rings. The Morgan fingerprint density at radius 3 is 2.54 bits per heavy atom. The fourth-order valence-electron chi connectivity index (χ4n) is 2.67. The first kappa shape index (κ1) is 18.4. The Morgan fingerprint density at radius 1 is 1.15 bits per heavy atom. The van der Waals surface area contributed by atoms with E-state index in [1.807, 2.05) is 4.90 Å². The van der Waals surface area contributed by atoms with Crippen LogP contribution in [0, 0.1) is 10.1 Å². The van der Waals surface area contributed by atoms with Gasteiger partial charge in [-0.2, -0.15) is 0 Å². The standard InChI is InChI=1S/C17H15Cl2N3O4/c18-11-1-3-13(14(19)9-11)17(23)20-15-4-2-12(22(24)25)10-16(15)21-5-7-26-8-6-21/h1-4,9-10H,5-8H2,(H,20,23). The third-order valence-corrected chi connectivity index (χ3v) is 4.52. The van der Waals surface area contributed by atoms with Crippen LogP contribution in [0.5, 0.6) is 0 Å². The van der Waals surface area contributed by atoms with Crippen molar-refractivity contribution >= 4 is 46.2 Å². The van der Waals surface area contributed by atoms with Crippen LogP contribution in [-0.2, 0) is 4.74 Å². The molecular formula is C17H15Cl2N3O4. The number of non-ortho nitro benzene ring substituents is 1. The highest BCUT2D eigenvalue weighted by atomic mass is 35.5. The Kier molecular flexibility index (Phi) is 5.61. The van der Waals surface area contributed by atoms with E-state index in [9.17, 15) is 14.9 Å². The van der Waals surface area contributed by atoms with Crippen molar-refractivity contribution in [3.05, 3.63) is 62.1 Å². The number of halogens is 2. The summed E-state index contributed by atoms with van der Waals surface area (Å²) in [7, 11) is 0. The van der Waals surface area contributed by atoms with E-state index in [2.05, 4.69) is 5.32 Å². The fraction of sp³-hybridized carbons (Fsp3) is 0.235. The highest BCUT2D eigenvalue weighted by Crippen LogP contribution is 2.32. The minimum Gasteiger partial charge on any atom is -0.378 e. The molecule has 0 bridgehead atoms. The lowest BCUT2D eigenvalue weighted by Gasteiger charge is -2.30. The molecule has 0 saturated carbocycles. The molecule has 0 radical (unpaired) electrons. The van der Waals surface area contributed by atoms with Crippen LogP contribution in [0.2, 0.25) is 10.0 Å². The number of amides is 1. The molecule has 2 aromatic rings. The number of ether oxygens (including phenoxy) is 1.